The van der Waals surface area contributed by atoms with Gasteiger partial charge in [0.15, 0.2) is 0 Å². The molecule has 0 aliphatic heterocycles. The number of rotatable bonds is 2. The number of carbonyl (C=O) groups excluding carboxylic acids is 1. The average molecular weight is 230 g/mol. The molecule has 0 bridgehead atoms. The van der Waals surface area contributed by atoms with Crippen molar-refractivity contribution in [2.75, 3.05) is 7.11 Å². The van der Waals surface area contributed by atoms with Crippen LogP contribution >= 0.6 is 0 Å². The molecule has 0 aliphatic rings. The zero-order chi connectivity index (χ0) is 12.3. The molecule has 0 atom stereocenters. The Labute approximate surface area is 97.1 Å². The van der Waals surface area contributed by atoms with Gasteiger partial charge in [0.05, 0.1) is 18.5 Å². The summed E-state index contributed by atoms with van der Waals surface area (Å²) in [5.74, 6) is -0.654. The van der Waals surface area contributed by atoms with Crippen molar-refractivity contribution in [3.05, 3.63) is 52.4 Å². The van der Waals surface area contributed by atoms with E-state index in [1.54, 1.807) is 24.4 Å². The molecule has 2 aromatic heterocycles. The molecule has 5 heteroatoms. The van der Waals surface area contributed by atoms with Crippen LogP contribution in [0, 0.1) is 0 Å². The van der Waals surface area contributed by atoms with E-state index in [0.717, 1.165) is 0 Å². The van der Waals surface area contributed by atoms with Crippen LogP contribution in [0.25, 0.3) is 11.4 Å². The summed E-state index contributed by atoms with van der Waals surface area (Å²) in [6, 6.07) is 8.41. The van der Waals surface area contributed by atoms with Crippen LogP contribution < -0.4 is 5.56 Å². The van der Waals surface area contributed by atoms with Crippen molar-refractivity contribution in [1.82, 2.24) is 9.97 Å². The first-order chi connectivity index (χ1) is 8.22. The second-order valence-corrected chi connectivity index (χ2v) is 3.32. The molecule has 1 N–H and O–H groups in total. The van der Waals surface area contributed by atoms with E-state index >= 15 is 0 Å². The van der Waals surface area contributed by atoms with Gasteiger partial charge in [-0.1, -0.05) is 6.07 Å². The molecule has 17 heavy (non-hydrogen) atoms. The normalized spacial score (nSPS) is 9.94. The fraction of sp³-hybridized carbons (Fsp3) is 0.0833. The highest BCUT2D eigenvalue weighted by Gasteiger charge is 2.11. The lowest BCUT2D eigenvalue weighted by Gasteiger charge is -2.02. The van der Waals surface area contributed by atoms with Gasteiger partial charge in [-0.25, -0.2) is 4.79 Å². The van der Waals surface area contributed by atoms with Gasteiger partial charge in [0.25, 0.3) is 5.56 Å². The third-order valence-electron chi connectivity index (χ3n) is 2.26. The summed E-state index contributed by atoms with van der Waals surface area (Å²) in [6.45, 7) is 0. The molecule has 5 nitrogen and oxygen atoms in total. The standard InChI is InChI=1S/C12H10N2O3/c1-17-12(16)8-5-6-10(14-11(8)15)9-4-2-3-7-13-9/h2-7H,1H3,(H,14,15). The number of esters is 1. The summed E-state index contributed by atoms with van der Waals surface area (Å²) >= 11 is 0. The lowest BCUT2D eigenvalue weighted by atomic mass is 10.2. The molecule has 0 amide bonds. The Hall–Kier alpha value is -2.43. The number of methoxy groups -OCH3 is 1. The number of nitrogens with one attached hydrogen (secondary N) is 1. The zero-order valence-corrected chi connectivity index (χ0v) is 9.14. The summed E-state index contributed by atoms with van der Waals surface area (Å²) in [6.07, 6.45) is 1.63. The number of hydrogen-bond acceptors (Lipinski definition) is 4. The van der Waals surface area contributed by atoms with E-state index in [1.165, 1.54) is 13.2 Å². The molecule has 86 valence electrons. The Kier molecular flexibility index (Phi) is 3.00. The Balaban J connectivity index is 2.45. The van der Waals surface area contributed by atoms with Gasteiger partial charge in [-0.2, -0.15) is 0 Å². The van der Waals surface area contributed by atoms with Gasteiger partial charge in [0.1, 0.15) is 5.56 Å². The summed E-state index contributed by atoms with van der Waals surface area (Å²) in [5, 5.41) is 0. The van der Waals surface area contributed by atoms with Crippen LogP contribution in [0.5, 0.6) is 0 Å². The maximum absolute atomic E-state index is 11.6. The quantitative estimate of drug-likeness (QED) is 0.787. The van der Waals surface area contributed by atoms with Crippen LogP contribution in [-0.2, 0) is 4.74 Å². The monoisotopic (exact) mass is 230 g/mol. The van der Waals surface area contributed by atoms with Gasteiger partial charge in [0, 0.05) is 6.20 Å². The molecule has 0 radical (unpaired) electrons. The van der Waals surface area contributed by atoms with Crippen LogP contribution in [-0.4, -0.2) is 23.0 Å². The third kappa shape index (κ3) is 2.23. The fourth-order valence-electron chi connectivity index (χ4n) is 1.42. The predicted molar refractivity (Wildman–Crippen MR) is 61.6 cm³/mol. The topological polar surface area (TPSA) is 72.0 Å². The van der Waals surface area contributed by atoms with Gasteiger partial charge in [-0.05, 0) is 24.3 Å². The smallest absolute Gasteiger partial charge is 0.343 e. The van der Waals surface area contributed by atoms with Crippen LogP contribution in [0.3, 0.4) is 0 Å². The Bertz CT molecular complexity index is 590. The van der Waals surface area contributed by atoms with Gasteiger partial charge in [-0.15, -0.1) is 0 Å². The highest BCUT2D eigenvalue weighted by Crippen LogP contribution is 2.11. The maximum atomic E-state index is 11.6. The van der Waals surface area contributed by atoms with Gasteiger partial charge in [0.2, 0.25) is 0 Å². The number of ether oxygens (including phenoxy) is 1. The van der Waals surface area contributed by atoms with Crippen molar-refractivity contribution in [2.45, 2.75) is 0 Å². The molecule has 2 aromatic rings. The van der Waals surface area contributed by atoms with Gasteiger partial charge in [-0.3, -0.25) is 9.78 Å². The molecule has 2 rings (SSSR count). The minimum Gasteiger partial charge on any atom is -0.465 e. The van der Waals surface area contributed by atoms with Crippen LogP contribution in [0.2, 0.25) is 0 Å². The first-order valence-electron chi connectivity index (χ1n) is 4.95. The minimum absolute atomic E-state index is 0.0211. The van der Waals surface area contributed by atoms with Crippen molar-refractivity contribution < 1.29 is 9.53 Å². The van der Waals surface area contributed by atoms with E-state index in [4.69, 9.17) is 0 Å². The molecule has 0 aromatic carbocycles. The SMILES string of the molecule is COC(=O)c1ccc(-c2ccccn2)[nH]c1=O. The number of H-pyrrole nitrogens is 1. The predicted octanol–water partition coefficient (Wildman–Crippen LogP) is 1.22. The minimum atomic E-state index is -0.654. The highest BCUT2D eigenvalue weighted by molar-refractivity contribution is 5.89. The number of carbonyl (C=O) groups is 1. The Morgan fingerprint density at radius 2 is 2.12 bits per heavy atom. The molecule has 0 fully saturated rings. The van der Waals surface area contributed by atoms with Crippen molar-refractivity contribution >= 4 is 5.97 Å². The molecule has 0 unspecified atom stereocenters. The molecule has 0 spiro atoms. The summed E-state index contributed by atoms with van der Waals surface area (Å²) < 4.78 is 4.49. The van der Waals surface area contributed by atoms with Crippen molar-refractivity contribution in [3.8, 4) is 11.4 Å². The highest BCUT2D eigenvalue weighted by atomic mass is 16.5. The molecular formula is C12H10N2O3. The first-order valence-corrected chi connectivity index (χ1v) is 4.95. The summed E-state index contributed by atoms with van der Waals surface area (Å²) in [5.41, 5.74) is 0.691. The second-order valence-electron chi connectivity index (χ2n) is 3.32. The van der Waals surface area contributed by atoms with E-state index < -0.39 is 11.5 Å². The number of pyridine rings is 2. The first kappa shape index (κ1) is 11.1. The van der Waals surface area contributed by atoms with Crippen LogP contribution in [0.15, 0.2) is 41.3 Å². The van der Waals surface area contributed by atoms with Crippen LogP contribution in [0.1, 0.15) is 10.4 Å². The fourth-order valence-corrected chi connectivity index (χ4v) is 1.42. The summed E-state index contributed by atoms with van der Waals surface area (Å²) in [4.78, 5) is 29.5. The van der Waals surface area contributed by atoms with E-state index in [0.29, 0.717) is 11.4 Å². The molecular weight excluding hydrogens is 220 g/mol. The average Bonchev–Trinajstić information content (AvgIpc) is 2.39. The summed E-state index contributed by atoms with van der Waals surface area (Å²) in [7, 11) is 1.23. The van der Waals surface area contributed by atoms with E-state index in [1.807, 2.05) is 6.07 Å². The lowest BCUT2D eigenvalue weighted by Crippen LogP contribution is -2.18. The van der Waals surface area contributed by atoms with Crippen molar-refractivity contribution in [2.24, 2.45) is 0 Å². The molecule has 2 heterocycles. The number of aromatic nitrogens is 2. The number of aromatic amines is 1. The lowest BCUT2D eigenvalue weighted by molar-refractivity contribution is 0.0598. The Morgan fingerprint density at radius 3 is 2.71 bits per heavy atom. The zero-order valence-electron chi connectivity index (χ0n) is 9.14. The molecule has 0 saturated carbocycles. The molecule has 0 aliphatic carbocycles. The third-order valence-corrected chi connectivity index (χ3v) is 2.26. The van der Waals surface area contributed by atoms with Gasteiger partial charge < -0.3 is 9.72 Å². The second kappa shape index (κ2) is 4.61. The van der Waals surface area contributed by atoms with Crippen LogP contribution in [0.4, 0.5) is 0 Å². The largest absolute Gasteiger partial charge is 0.465 e. The maximum Gasteiger partial charge on any atom is 0.343 e. The number of nitrogens with zero attached hydrogens (tertiary/aromatic N) is 1. The van der Waals surface area contributed by atoms with E-state index in [-0.39, 0.29) is 5.56 Å². The van der Waals surface area contributed by atoms with Crippen molar-refractivity contribution in [1.29, 1.82) is 0 Å². The number of hydrogen-bond donors (Lipinski definition) is 1. The van der Waals surface area contributed by atoms with Crippen molar-refractivity contribution in [3.63, 3.8) is 0 Å². The van der Waals surface area contributed by atoms with E-state index in [2.05, 4.69) is 14.7 Å². The van der Waals surface area contributed by atoms with E-state index in [9.17, 15) is 9.59 Å². The Morgan fingerprint density at radius 1 is 1.29 bits per heavy atom. The van der Waals surface area contributed by atoms with Gasteiger partial charge >= 0.3 is 5.97 Å². The molecule has 0 saturated heterocycles.